The van der Waals surface area contributed by atoms with Crippen LogP contribution in [0.1, 0.15) is 30.9 Å². The van der Waals surface area contributed by atoms with Gasteiger partial charge in [0.2, 0.25) is 5.91 Å². The van der Waals surface area contributed by atoms with Crippen LogP contribution in [0.15, 0.2) is 42.5 Å². The van der Waals surface area contributed by atoms with Crippen LogP contribution in [0.25, 0.3) is 0 Å². The molecule has 30 heavy (non-hydrogen) atoms. The molecule has 6 heteroatoms. The molecule has 0 spiro atoms. The van der Waals surface area contributed by atoms with E-state index in [1.165, 1.54) is 5.56 Å². The summed E-state index contributed by atoms with van der Waals surface area (Å²) in [7, 11) is 0. The Bertz CT molecular complexity index is 831. The minimum Gasteiger partial charge on any atom is -0.492 e. The third-order valence-electron chi connectivity index (χ3n) is 5.51. The molecule has 162 valence electrons. The lowest BCUT2D eigenvalue weighted by atomic mass is 9.98. The number of aryl methyl sites for hydroxylation is 1. The Balaban J connectivity index is 1.40. The zero-order chi connectivity index (χ0) is 21.5. The number of carbonyl (C=O) groups excluding carboxylic acids is 1. The van der Waals surface area contributed by atoms with Crippen LogP contribution in [0.2, 0.25) is 5.02 Å². The highest BCUT2D eigenvalue weighted by atomic mass is 35.5. The van der Waals surface area contributed by atoms with Crippen molar-refractivity contribution < 1.29 is 9.53 Å². The molecule has 0 unspecified atom stereocenters. The standard InChI is InChI=1S/C24H32ClN3O2/c1-18(2)22-6-4-5-19(3)24(22)26-23(29)17-28-13-11-27(12-14-28)15-16-30-21-9-7-20(25)8-10-21/h4-10,18H,11-17H2,1-3H3,(H,26,29). The van der Waals surface area contributed by atoms with Gasteiger partial charge in [-0.25, -0.2) is 0 Å². The molecule has 0 radical (unpaired) electrons. The number of ether oxygens (including phenoxy) is 1. The molecule has 0 aliphatic carbocycles. The second-order valence-electron chi connectivity index (χ2n) is 8.16. The third kappa shape index (κ3) is 6.46. The van der Waals surface area contributed by atoms with E-state index in [4.69, 9.17) is 16.3 Å². The topological polar surface area (TPSA) is 44.8 Å². The molecule has 0 aromatic heterocycles. The second kappa shape index (κ2) is 10.8. The molecule has 0 saturated carbocycles. The molecule has 1 amide bonds. The van der Waals surface area contributed by atoms with Gasteiger partial charge in [-0.3, -0.25) is 14.6 Å². The maximum Gasteiger partial charge on any atom is 0.238 e. The van der Waals surface area contributed by atoms with Crippen molar-refractivity contribution in [1.29, 1.82) is 0 Å². The number of nitrogens with one attached hydrogen (secondary N) is 1. The summed E-state index contributed by atoms with van der Waals surface area (Å²) in [5.41, 5.74) is 3.27. The smallest absolute Gasteiger partial charge is 0.238 e. The molecule has 1 N–H and O–H groups in total. The predicted octanol–water partition coefficient (Wildman–Crippen LogP) is 4.41. The lowest BCUT2D eigenvalue weighted by Gasteiger charge is -2.34. The van der Waals surface area contributed by atoms with Crippen molar-refractivity contribution in [3.8, 4) is 5.75 Å². The average molecular weight is 430 g/mol. The molecule has 1 aliphatic heterocycles. The van der Waals surface area contributed by atoms with Crippen LogP contribution in [0, 0.1) is 6.92 Å². The normalized spacial score (nSPS) is 15.4. The van der Waals surface area contributed by atoms with Crippen LogP contribution in [0.5, 0.6) is 5.75 Å². The fraction of sp³-hybridized carbons (Fsp3) is 0.458. The fourth-order valence-electron chi connectivity index (χ4n) is 3.72. The summed E-state index contributed by atoms with van der Waals surface area (Å²) in [6.45, 7) is 12.0. The van der Waals surface area contributed by atoms with Gasteiger partial charge < -0.3 is 10.1 Å². The van der Waals surface area contributed by atoms with Gasteiger partial charge in [0.1, 0.15) is 12.4 Å². The van der Waals surface area contributed by atoms with Gasteiger partial charge in [0, 0.05) is 43.4 Å². The van der Waals surface area contributed by atoms with Gasteiger partial charge in [-0.05, 0) is 48.2 Å². The fourth-order valence-corrected chi connectivity index (χ4v) is 3.84. The van der Waals surface area contributed by atoms with Crippen molar-refractivity contribution >= 4 is 23.2 Å². The Hall–Kier alpha value is -2.08. The monoisotopic (exact) mass is 429 g/mol. The minimum atomic E-state index is 0.0609. The number of nitrogens with zero attached hydrogens (tertiary/aromatic N) is 2. The van der Waals surface area contributed by atoms with E-state index in [1.807, 2.05) is 37.3 Å². The largest absolute Gasteiger partial charge is 0.492 e. The van der Waals surface area contributed by atoms with Crippen LogP contribution in [0.3, 0.4) is 0 Å². The summed E-state index contributed by atoms with van der Waals surface area (Å²) in [6.07, 6.45) is 0. The summed E-state index contributed by atoms with van der Waals surface area (Å²) in [4.78, 5) is 17.2. The lowest BCUT2D eigenvalue weighted by molar-refractivity contribution is -0.117. The number of piperazine rings is 1. The van der Waals surface area contributed by atoms with Gasteiger partial charge in [-0.2, -0.15) is 0 Å². The number of hydrogen-bond acceptors (Lipinski definition) is 4. The van der Waals surface area contributed by atoms with E-state index in [9.17, 15) is 4.79 Å². The Labute approximate surface area is 185 Å². The minimum absolute atomic E-state index is 0.0609. The molecule has 1 fully saturated rings. The first kappa shape index (κ1) is 22.6. The Kier molecular flexibility index (Phi) is 8.14. The maximum atomic E-state index is 12.6. The van der Waals surface area contributed by atoms with Crippen LogP contribution < -0.4 is 10.1 Å². The van der Waals surface area contributed by atoms with Crippen LogP contribution in [-0.2, 0) is 4.79 Å². The molecular weight excluding hydrogens is 398 g/mol. The Morgan fingerprint density at radius 1 is 1.07 bits per heavy atom. The number of hydrogen-bond donors (Lipinski definition) is 1. The first-order valence-electron chi connectivity index (χ1n) is 10.6. The first-order chi connectivity index (χ1) is 14.4. The highest BCUT2D eigenvalue weighted by Gasteiger charge is 2.20. The number of benzene rings is 2. The van der Waals surface area contributed by atoms with Crippen molar-refractivity contribution in [3.05, 3.63) is 58.6 Å². The zero-order valence-corrected chi connectivity index (χ0v) is 18.9. The zero-order valence-electron chi connectivity index (χ0n) is 18.2. The van der Waals surface area contributed by atoms with Gasteiger partial charge in [0.05, 0.1) is 6.54 Å². The van der Waals surface area contributed by atoms with Crippen molar-refractivity contribution in [2.45, 2.75) is 26.7 Å². The number of carbonyl (C=O) groups is 1. The molecule has 0 bridgehead atoms. The number of para-hydroxylation sites is 1. The Morgan fingerprint density at radius 2 is 1.73 bits per heavy atom. The number of amides is 1. The quantitative estimate of drug-likeness (QED) is 0.675. The summed E-state index contributed by atoms with van der Waals surface area (Å²) >= 11 is 5.89. The highest BCUT2D eigenvalue weighted by Crippen LogP contribution is 2.27. The molecule has 5 nitrogen and oxygen atoms in total. The lowest BCUT2D eigenvalue weighted by Crippen LogP contribution is -2.49. The van der Waals surface area contributed by atoms with Crippen LogP contribution >= 0.6 is 11.6 Å². The number of rotatable bonds is 8. The van der Waals surface area contributed by atoms with E-state index in [1.54, 1.807) is 0 Å². The second-order valence-corrected chi connectivity index (χ2v) is 8.60. The number of anilines is 1. The molecule has 1 saturated heterocycles. The van der Waals surface area contributed by atoms with E-state index in [0.29, 0.717) is 24.1 Å². The van der Waals surface area contributed by atoms with Gasteiger partial charge in [0.25, 0.3) is 0 Å². The maximum absolute atomic E-state index is 12.6. The highest BCUT2D eigenvalue weighted by molar-refractivity contribution is 6.30. The van der Waals surface area contributed by atoms with E-state index < -0.39 is 0 Å². The average Bonchev–Trinajstić information content (AvgIpc) is 2.72. The molecular formula is C24H32ClN3O2. The van der Waals surface area contributed by atoms with Crippen LogP contribution in [0.4, 0.5) is 5.69 Å². The Morgan fingerprint density at radius 3 is 2.40 bits per heavy atom. The van der Waals surface area contributed by atoms with E-state index in [2.05, 4.69) is 41.1 Å². The summed E-state index contributed by atoms with van der Waals surface area (Å²) < 4.78 is 5.79. The van der Waals surface area contributed by atoms with Crippen molar-refractivity contribution in [1.82, 2.24) is 9.80 Å². The van der Waals surface area contributed by atoms with Gasteiger partial charge in [-0.15, -0.1) is 0 Å². The number of halogens is 1. The first-order valence-corrected chi connectivity index (χ1v) is 11.0. The van der Waals surface area contributed by atoms with Crippen molar-refractivity contribution in [3.63, 3.8) is 0 Å². The summed E-state index contributed by atoms with van der Waals surface area (Å²) in [5, 5.41) is 3.86. The molecule has 3 rings (SSSR count). The molecule has 1 heterocycles. The van der Waals surface area contributed by atoms with Crippen LogP contribution in [-0.4, -0.2) is 61.6 Å². The van der Waals surface area contributed by atoms with Crippen molar-refractivity contribution in [2.75, 3.05) is 51.2 Å². The van der Waals surface area contributed by atoms with E-state index in [-0.39, 0.29) is 5.91 Å². The van der Waals surface area contributed by atoms with Gasteiger partial charge in [0.15, 0.2) is 0 Å². The summed E-state index contributed by atoms with van der Waals surface area (Å²) in [6, 6.07) is 13.6. The van der Waals surface area contributed by atoms with E-state index >= 15 is 0 Å². The predicted molar refractivity (Wildman–Crippen MR) is 124 cm³/mol. The SMILES string of the molecule is Cc1cccc(C(C)C)c1NC(=O)CN1CCN(CCOc2ccc(Cl)cc2)CC1. The molecule has 2 aromatic carbocycles. The molecule has 1 aliphatic rings. The summed E-state index contributed by atoms with van der Waals surface area (Å²) in [5.74, 6) is 1.27. The molecule has 2 aromatic rings. The van der Waals surface area contributed by atoms with Crippen molar-refractivity contribution in [2.24, 2.45) is 0 Å². The molecule has 0 atom stereocenters. The van der Waals surface area contributed by atoms with Gasteiger partial charge in [-0.1, -0.05) is 43.6 Å². The van der Waals surface area contributed by atoms with Gasteiger partial charge >= 0.3 is 0 Å². The van der Waals surface area contributed by atoms with E-state index in [0.717, 1.165) is 49.7 Å². The third-order valence-corrected chi connectivity index (χ3v) is 5.77.